The molecule has 35 heavy (non-hydrogen) atoms. The van der Waals surface area contributed by atoms with E-state index in [1.165, 1.54) is 11.3 Å². The smallest absolute Gasteiger partial charge is 0.251 e. The second-order valence-corrected chi connectivity index (χ2v) is 11.6. The van der Waals surface area contributed by atoms with Crippen LogP contribution in [0.25, 0.3) is 21.7 Å². The molecular weight excluding hydrogens is 499 g/mol. The predicted octanol–water partition coefficient (Wildman–Crippen LogP) is 5.57. The molecule has 0 radical (unpaired) electrons. The summed E-state index contributed by atoms with van der Waals surface area (Å²) in [5.74, 6) is -0.701. The first kappa shape index (κ1) is 24.7. The number of hydrogen-bond acceptors (Lipinski definition) is 7. The van der Waals surface area contributed by atoms with E-state index in [0.29, 0.717) is 27.4 Å². The molecule has 2 aromatic carbocycles. The van der Waals surface area contributed by atoms with Crippen LogP contribution in [0.1, 0.15) is 21.9 Å². The molecule has 0 fully saturated rings. The van der Waals surface area contributed by atoms with E-state index in [2.05, 4.69) is 10.8 Å². The largest absolute Gasteiger partial charge is 0.272 e. The Morgan fingerprint density at radius 1 is 1.09 bits per heavy atom. The Bertz CT molecular complexity index is 1490. The van der Waals surface area contributed by atoms with Crippen LogP contribution in [0.3, 0.4) is 0 Å². The molecule has 4 rings (SSSR count). The molecular formula is C26H21N3O3S3. The van der Waals surface area contributed by atoms with Gasteiger partial charge in [-0.15, -0.1) is 11.3 Å². The van der Waals surface area contributed by atoms with Crippen molar-refractivity contribution < 1.29 is 13.2 Å². The molecule has 1 amide bonds. The Morgan fingerprint density at radius 2 is 1.80 bits per heavy atom. The minimum atomic E-state index is -3.78. The Morgan fingerprint density at radius 3 is 2.40 bits per heavy atom. The van der Waals surface area contributed by atoms with E-state index >= 15 is 0 Å². The Balaban J connectivity index is 1.88. The molecule has 0 aliphatic carbocycles. The van der Waals surface area contributed by atoms with E-state index in [0.717, 1.165) is 34.0 Å². The molecule has 0 bridgehead atoms. The van der Waals surface area contributed by atoms with Gasteiger partial charge in [0.25, 0.3) is 5.91 Å². The van der Waals surface area contributed by atoms with Gasteiger partial charge in [0.2, 0.25) is 10.0 Å². The number of amides is 1. The Labute approximate surface area is 212 Å². The number of pyridine rings is 1. The van der Waals surface area contributed by atoms with Gasteiger partial charge >= 0.3 is 0 Å². The topological polar surface area (TPSA) is 99.9 Å². The zero-order valence-corrected chi connectivity index (χ0v) is 21.4. The Hall–Kier alpha value is -3.45. The first-order chi connectivity index (χ1) is 16.7. The molecule has 6 nitrogen and oxygen atoms in total. The van der Waals surface area contributed by atoms with Crippen LogP contribution in [-0.4, -0.2) is 25.6 Å². The first-order valence-electron chi connectivity index (χ1n) is 10.5. The SMILES string of the molecule is Cc1ccc(-c2cc(-c3cccs3)nc(SC(C(=O)NS(C)(=O)=O)c3ccccc3)c2C#N)cc1. The van der Waals surface area contributed by atoms with Gasteiger partial charge in [-0.2, -0.15) is 5.26 Å². The van der Waals surface area contributed by atoms with Gasteiger partial charge in [0.15, 0.2) is 0 Å². The molecule has 1 N–H and O–H groups in total. The number of nitrogens with zero attached hydrogens (tertiary/aromatic N) is 2. The highest BCUT2D eigenvalue weighted by Gasteiger charge is 2.27. The number of carbonyl (C=O) groups excluding carboxylic acids is 1. The molecule has 0 aliphatic heterocycles. The lowest BCUT2D eigenvalue weighted by Crippen LogP contribution is -2.32. The zero-order chi connectivity index (χ0) is 25.0. The average Bonchev–Trinajstić information content (AvgIpc) is 3.37. The van der Waals surface area contributed by atoms with Crippen molar-refractivity contribution in [2.45, 2.75) is 17.2 Å². The van der Waals surface area contributed by atoms with Crippen molar-refractivity contribution in [3.8, 4) is 27.8 Å². The minimum absolute atomic E-state index is 0.326. The van der Waals surface area contributed by atoms with Crippen LogP contribution in [0.4, 0.5) is 0 Å². The third kappa shape index (κ3) is 5.98. The maximum Gasteiger partial charge on any atom is 0.251 e. The summed E-state index contributed by atoms with van der Waals surface area (Å²) in [6, 6.07) is 24.7. The fourth-order valence-corrected chi connectivity index (χ4v) is 5.83. The minimum Gasteiger partial charge on any atom is -0.272 e. The van der Waals surface area contributed by atoms with Crippen molar-refractivity contribution in [1.29, 1.82) is 5.26 Å². The molecule has 1 unspecified atom stereocenters. The van der Waals surface area contributed by atoms with E-state index in [9.17, 15) is 18.5 Å². The molecule has 0 spiro atoms. The molecule has 2 heterocycles. The lowest BCUT2D eigenvalue weighted by atomic mass is 10.00. The molecule has 0 saturated carbocycles. The van der Waals surface area contributed by atoms with E-state index in [4.69, 9.17) is 4.98 Å². The van der Waals surface area contributed by atoms with Crippen LogP contribution in [-0.2, 0) is 14.8 Å². The highest BCUT2D eigenvalue weighted by atomic mass is 32.2. The van der Waals surface area contributed by atoms with Crippen molar-refractivity contribution in [3.63, 3.8) is 0 Å². The number of thioether (sulfide) groups is 1. The van der Waals surface area contributed by atoms with Gasteiger partial charge in [-0.25, -0.2) is 13.4 Å². The van der Waals surface area contributed by atoms with E-state index in [1.54, 1.807) is 24.3 Å². The van der Waals surface area contributed by atoms with Crippen LogP contribution in [0, 0.1) is 18.3 Å². The molecule has 176 valence electrons. The Kier molecular flexibility index (Phi) is 7.36. The average molecular weight is 520 g/mol. The zero-order valence-electron chi connectivity index (χ0n) is 18.9. The number of nitriles is 1. The van der Waals surface area contributed by atoms with Crippen molar-refractivity contribution in [1.82, 2.24) is 9.71 Å². The lowest BCUT2D eigenvalue weighted by Gasteiger charge is -2.18. The summed E-state index contributed by atoms with van der Waals surface area (Å²) in [5, 5.41) is 11.5. The van der Waals surface area contributed by atoms with Gasteiger partial charge in [0.05, 0.1) is 22.4 Å². The van der Waals surface area contributed by atoms with Gasteiger partial charge in [-0.1, -0.05) is 78.0 Å². The van der Waals surface area contributed by atoms with Gasteiger partial charge in [0, 0.05) is 5.56 Å². The number of benzene rings is 2. The second-order valence-electron chi connectivity index (χ2n) is 7.84. The standard InChI is InChI=1S/C26H21N3O3S3/c1-17-10-12-18(13-11-17)20-15-22(23-9-6-14-33-23)28-26(21(20)16-27)34-24(19-7-4-3-5-8-19)25(30)29-35(2,31)32/h3-15,24H,1-2H3,(H,29,30). The van der Waals surface area contributed by atoms with Crippen LogP contribution in [0.2, 0.25) is 0 Å². The molecule has 0 saturated heterocycles. The van der Waals surface area contributed by atoms with Crippen LogP contribution < -0.4 is 4.72 Å². The summed E-state index contributed by atoms with van der Waals surface area (Å²) in [4.78, 5) is 18.7. The maximum absolute atomic E-state index is 13.0. The number of nitrogens with one attached hydrogen (secondary N) is 1. The fourth-order valence-electron chi connectivity index (χ4n) is 3.47. The van der Waals surface area contributed by atoms with Gasteiger partial charge in [-0.05, 0) is 35.6 Å². The number of rotatable bonds is 7. The van der Waals surface area contributed by atoms with Gasteiger partial charge in [0.1, 0.15) is 16.3 Å². The number of hydrogen-bond donors (Lipinski definition) is 1. The van der Waals surface area contributed by atoms with Crippen molar-refractivity contribution in [2.75, 3.05) is 6.26 Å². The fraction of sp³-hybridized carbons (Fsp3) is 0.115. The predicted molar refractivity (Wildman–Crippen MR) is 140 cm³/mol. The van der Waals surface area contributed by atoms with Crippen molar-refractivity contribution in [3.05, 3.63) is 94.9 Å². The van der Waals surface area contributed by atoms with E-state index < -0.39 is 21.2 Å². The quantitative estimate of drug-likeness (QED) is 0.321. The number of aryl methyl sites for hydroxylation is 1. The second kappa shape index (κ2) is 10.4. The summed E-state index contributed by atoms with van der Waals surface area (Å²) in [7, 11) is -3.78. The molecule has 0 aliphatic rings. The summed E-state index contributed by atoms with van der Waals surface area (Å²) in [6.45, 7) is 1.99. The number of carbonyl (C=O) groups is 1. The molecule has 1 atom stereocenters. The monoisotopic (exact) mass is 519 g/mol. The highest BCUT2D eigenvalue weighted by Crippen LogP contribution is 2.41. The van der Waals surface area contributed by atoms with E-state index in [-0.39, 0.29) is 0 Å². The number of aromatic nitrogens is 1. The first-order valence-corrected chi connectivity index (χ1v) is 14.2. The van der Waals surface area contributed by atoms with Crippen molar-refractivity contribution in [2.24, 2.45) is 0 Å². The molecule has 9 heteroatoms. The van der Waals surface area contributed by atoms with Gasteiger partial charge in [-0.3, -0.25) is 9.52 Å². The molecule has 4 aromatic rings. The van der Waals surface area contributed by atoms with Gasteiger partial charge < -0.3 is 0 Å². The summed E-state index contributed by atoms with van der Waals surface area (Å²) in [5.41, 5.74) is 4.24. The summed E-state index contributed by atoms with van der Waals surface area (Å²) < 4.78 is 25.7. The maximum atomic E-state index is 13.0. The third-order valence-corrected chi connectivity index (χ3v) is 7.80. The number of sulfonamides is 1. The van der Waals surface area contributed by atoms with E-state index in [1.807, 2.05) is 60.8 Å². The van der Waals surface area contributed by atoms with Crippen LogP contribution in [0.5, 0.6) is 0 Å². The molecule has 2 aromatic heterocycles. The lowest BCUT2D eigenvalue weighted by molar-refractivity contribution is -0.118. The summed E-state index contributed by atoms with van der Waals surface area (Å²) in [6.07, 6.45) is 0.934. The highest BCUT2D eigenvalue weighted by molar-refractivity contribution is 8.00. The van der Waals surface area contributed by atoms with Crippen LogP contribution >= 0.6 is 23.1 Å². The third-order valence-electron chi connectivity index (χ3n) is 5.09. The van der Waals surface area contributed by atoms with Crippen LogP contribution in [0.15, 0.2) is 83.2 Å². The summed E-state index contributed by atoms with van der Waals surface area (Å²) >= 11 is 2.58. The number of thiophene rings is 1. The van der Waals surface area contributed by atoms with Crippen molar-refractivity contribution >= 4 is 39.0 Å². The normalized spacial score (nSPS) is 12.0.